The fourth-order valence-corrected chi connectivity index (χ4v) is 2.38. The molecule has 0 radical (unpaired) electrons. The van der Waals surface area contributed by atoms with Gasteiger partial charge in [-0.05, 0) is 30.7 Å². The first-order chi connectivity index (χ1) is 10.5. The molecule has 0 bridgehead atoms. The summed E-state index contributed by atoms with van der Waals surface area (Å²) in [6.07, 6.45) is 1.56. The number of rotatable bonds is 2. The van der Waals surface area contributed by atoms with E-state index in [-0.39, 0.29) is 17.2 Å². The summed E-state index contributed by atoms with van der Waals surface area (Å²) in [4.78, 5) is 20.7. The number of hydrogen-bond acceptors (Lipinski definition) is 5. The van der Waals surface area contributed by atoms with Crippen LogP contribution < -0.4 is 17.0 Å². The Kier molecular flexibility index (Phi) is 3.25. The van der Waals surface area contributed by atoms with E-state index in [9.17, 15) is 9.18 Å². The first-order valence-corrected chi connectivity index (χ1v) is 6.72. The smallest absolute Gasteiger partial charge is 0.260 e. The molecule has 1 aromatic carbocycles. The molecule has 0 aliphatic heterocycles. The molecule has 22 heavy (non-hydrogen) atoms. The molecule has 0 amide bonds. The van der Waals surface area contributed by atoms with Crippen molar-refractivity contribution >= 4 is 22.7 Å². The van der Waals surface area contributed by atoms with E-state index in [0.717, 1.165) is 0 Å². The molecular formula is C15H14FN5O. The van der Waals surface area contributed by atoms with E-state index in [2.05, 4.69) is 9.97 Å². The third-order valence-electron chi connectivity index (χ3n) is 3.47. The van der Waals surface area contributed by atoms with Crippen LogP contribution in [0.3, 0.4) is 0 Å². The van der Waals surface area contributed by atoms with Gasteiger partial charge >= 0.3 is 0 Å². The first-order valence-electron chi connectivity index (χ1n) is 6.72. The minimum absolute atomic E-state index is 0.00592. The lowest BCUT2D eigenvalue weighted by atomic mass is 10.1. The van der Waals surface area contributed by atoms with Gasteiger partial charge in [-0.1, -0.05) is 6.07 Å². The number of aromatic nitrogens is 3. The van der Waals surface area contributed by atoms with Crippen molar-refractivity contribution in [3.63, 3.8) is 0 Å². The van der Waals surface area contributed by atoms with Crippen molar-refractivity contribution in [1.29, 1.82) is 0 Å². The quantitative estimate of drug-likeness (QED) is 0.703. The molecule has 6 nitrogen and oxygen atoms in total. The van der Waals surface area contributed by atoms with E-state index >= 15 is 0 Å². The molecule has 0 fully saturated rings. The maximum atomic E-state index is 13.3. The fraction of sp³-hybridized carbons (Fsp3) is 0.133. The van der Waals surface area contributed by atoms with Gasteiger partial charge in [-0.3, -0.25) is 9.36 Å². The van der Waals surface area contributed by atoms with Crippen LogP contribution in [0.15, 0.2) is 35.3 Å². The number of nitrogens with zero attached hydrogens (tertiary/aromatic N) is 3. The molecule has 0 aliphatic rings. The van der Waals surface area contributed by atoms with Gasteiger partial charge in [0.1, 0.15) is 11.5 Å². The highest BCUT2D eigenvalue weighted by molar-refractivity contribution is 5.82. The Morgan fingerprint density at radius 2 is 2.05 bits per heavy atom. The number of fused-ring (bicyclic) bond motifs is 1. The van der Waals surface area contributed by atoms with Crippen LogP contribution >= 0.6 is 0 Å². The predicted octanol–water partition coefficient (Wildman–Crippen LogP) is 1.78. The molecule has 3 rings (SSSR count). The van der Waals surface area contributed by atoms with Crippen LogP contribution in [0.25, 0.3) is 22.2 Å². The number of benzene rings is 1. The maximum absolute atomic E-state index is 13.3. The van der Waals surface area contributed by atoms with Crippen molar-refractivity contribution < 1.29 is 4.39 Å². The molecule has 3 aromatic rings. The van der Waals surface area contributed by atoms with E-state index < -0.39 is 5.82 Å². The summed E-state index contributed by atoms with van der Waals surface area (Å²) in [5.74, 6) is -0.413. The van der Waals surface area contributed by atoms with Gasteiger partial charge < -0.3 is 11.5 Å². The van der Waals surface area contributed by atoms with Crippen LogP contribution in [0.1, 0.15) is 6.92 Å². The standard InChI is InChI=1S/C15H14FN5O/c1-2-21-13-9(7-19-15(18)20-13)5-10(14(21)22)8-3-4-11(16)12(17)6-8/h3-7H,2,17H2,1H3,(H2,18,19,20). The summed E-state index contributed by atoms with van der Waals surface area (Å²) in [5.41, 5.74) is 12.4. The Bertz CT molecular complexity index is 935. The largest absolute Gasteiger partial charge is 0.396 e. The zero-order chi connectivity index (χ0) is 15.9. The van der Waals surface area contributed by atoms with Crippen molar-refractivity contribution in [1.82, 2.24) is 14.5 Å². The number of nitrogen functional groups attached to an aromatic ring is 2. The van der Waals surface area contributed by atoms with Gasteiger partial charge in [0.25, 0.3) is 5.56 Å². The molecule has 0 saturated heterocycles. The Hall–Kier alpha value is -2.96. The lowest BCUT2D eigenvalue weighted by Crippen LogP contribution is -2.22. The summed E-state index contributed by atoms with van der Waals surface area (Å²) < 4.78 is 14.8. The second kappa shape index (κ2) is 5.10. The van der Waals surface area contributed by atoms with E-state index in [4.69, 9.17) is 11.5 Å². The van der Waals surface area contributed by atoms with E-state index in [1.165, 1.54) is 22.8 Å². The van der Waals surface area contributed by atoms with Gasteiger partial charge in [-0.15, -0.1) is 0 Å². The molecule has 2 heterocycles. The third kappa shape index (κ3) is 2.16. The van der Waals surface area contributed by atoms with E-state index in [0.29, 0.717) is 28.7 Å². The number of hydrogen-bond donors (Lipinski definition) is 2. The van der Waals surface area contributed by atoms with Crippen molar-refractivity contribution in [3.8, 4) is 11.1 Å². The SMILES string of the molecule is CCn1c(=O)c(-c2ccc(F)c(N)c2)cc2cnc(N)nc21. The molecular weight excluding hydrogens is 285 g/mol. The zero-order valence-electron chi connectivity index (χ0n) is 11.9. The lowest BCUT2D eigenvalue weighted by molar-refractivity contribution is 0.632. The van der Waals surface area contributed by atoms with Crippen molar-refractivity contribution in [2.75, 3.05) is 11.5 Å². The molecule has 0 aliphatic carbocycles. The summed E-state index contributed by atoms with van der Waals surface area (Å²) >= 11 is 0. The average Bonchev–Trinajstić information content (AvgIpc) is 2.50. The number of nitrogens with two attached hydrogens (primary N) is 2. The van der Waals surface area contributed by atoms with Crippen LogP contribution in [0.5, 0.6) is 0 Å². The van der Waals surface area contributed by atoms with Crippen molar-refractivity contribution in [3.05, 3.63) is 46.6 Å². The van der Waals surface area contributed by atoms with E-state index in [1.807, 2.05) is 6.92 Å². The van der Waals surface area contributed by atoms with E-state index in [1.54, 1.807) is 12.3 Å². The number of anilines is 2. The summed E-state index contributed by atoms with van der Waals surface area (Å²) in [5, 5.41) is 0.675. The van der Waals surface area contributed by atoms with Gasteiger partial charge in [0.15, 0.2) is 0 Å². The average molecular weight is 299 g/mol. The van der Waals surface area contributed by atoms with Crippen LogP contribution in [0, 0.1) is 5.82 Å². The third-order valence-corrected chi connectivity index (χ3v) is 3.47. The fourth-order valence-electron chi connectivity index (χ4n) is 2.38. The molecule has 112 valence electrons. The highest BCUT2D eigenvalue weighted by Gasteiger charge is 2.13. The Morgan fingerprint density at radius 1 is 1.27 bits per heavy atom. The highest BCUT2D eigenvalue weighted by Crippen LogP contribution is 2.23. The first kappa shape index (κ1) is 14.0. The lowest BCUT2D eigenvalue weighted by Gasteiger charge is -2.11. The van der Waals surface area contributed by atoms with Gasteiger partial charge in [0.2, 0.25) is 5.95 Å². The van der Waals surface area contributed by atoms with Crippen LogP contribution in [-0.2, 0) is 6.54 Å². The highest BCUT2D eigenvalue weighted by atomic mass is 19.1. The van der Waals surface area contributed by atoms with Crippen LogP contribution in [0.2, 0.25) is 0 Å². The van der Waals surface area contributed by atoms with Gasteiger partial charge in [0.05, 0.1) is 5.69 Å². The summed E-state index contributed by atoms with van der Waals surface area (Å²) in [6, 6.07) is 5.86. The van der Waals surface area contributed by atoms with Crippen molar-refractivity contribution in [2.24, 2.45) is 0 Å². The van der Waals surface area contributed by atoms with Crippen molar-refractivity contribution in [2.45, 2.75) is 13.5 Å². The molecule has 2 aromatic heterocycles. The molecule has 4 N–H and O–H groups in total. The number of aryl methyl sites for hydroxylation is 1. The second-order valence-corrected chi connectivity index (χ2v) is 4.85. The zero-order valence-corrected chi connectivity index (χ0v) is 11.9. The van der Waals surface area contributed by atoms with Gasteiger partial charge in [-0.25, -0.2) is 9.37 Å². The Labute approximate surface area is 125 Å². The molecule has 0 saturated carbocycles. The molecule has 7 heteroatoms. The summed E-state index contributed by atoms with van der Waals surface area (Å²) in [7, 11) is 0. The Morgan fingerprint density at radius 3 is 2.73 bits per heavy atom. The predicted molar refractivity (Wildman–Crippen MR) is 83.7 cm³/mol. The molecule has 0 atom stereocenters. The molecule has 0 spiro atoms. The second-order valence-electron chi connectivity index (χ2n) is 4.85. The molecule has 0 unspecified atom stereocenters. The maximum Gasteiger partial charge on any atom is 0.260 e. The van der Waals surface area contributed by atoms with Gasteiger partial charge in [-0.2, -0.15) is 4.98 Å². The Balaban J connectivity index is 2.35. The number of halogens is 1. The summed E-state index contributed by atoms with van der Waals surface area (Å²) in [6.45, 7) is 2.26. The topological polar surface area (TPSA) is 99.8 Å². The van der Waals surface area contributed by atoms with Gasteiger partial charge in [0, 0.05) is 23.7 Å². The van der Waals surface area contributed by atoms with Crippen LogP contribution in [-0.4, -0.2) is 14.5 Å². The van der Waals surface area contributed by atoms with Crippen LogP contribution in [0.4, 0.5) is 16.0 Å². The normalized spacial score (nSPS) is 11.0. The monoisotopic (exact) mass is 299 g/mol. The minimum atomic E-state index is -0.517. The minimum Gasteiger partial charge on any atom is -0.396 e. The number of pyridine rings is 1.